The Morgan fingerprint density at radius 2 is 1.96 bits per heavy atom. The zero-order valence-corrected chi connectivity index (χ0v) is 16.6. The van der Waals surface area contributed by atoms with Gasteiger partial charge in [-0.1, -0.05) is 41.4 Å². The van der Waals surface area contributed by atoms with Crippen LogP contribution in [0.3, 0.4) is 0 Å². The molecule has 0 bridgehead atoms. The fraction of sp³-hybridized carbons (Fsp3) is 0.0588. The standard InChI is InChI=1S/C17H11BrCl2N4O3/c18-12-9-23(8-11-3-1-2-4-13(11)19)22-16(12)21-17(25)10-5-6-14(20)15(7-10)24(26)27/h1-7,9H,8H2,(H,21,22,25). The Morgan fingerprint density at radius 1 is 1.22 bits per heavy atom. The normalized spacial score (nSPS) is 10.6. The number of amides is 1. The van der Waals surface area contributed by atoms with Gasteiger partial charge >= 0.3 is 0 Å². The number of nitrogens with zero attached hydrogens (tertiary/aromatic N) is 3. The van der Waals surface area contributed by atoms with Crippen LogP contribution < -0.4 is 5.32 Å². The van der Waals surface area contributed by atoms with Crippen LogP contribution >= 0.6 is 39.1 Å². The summed E-state index contributed by atoms with van der Waals surface area (Å²) in [6, 6.07) is 11.2. The highest BCUT2D eigenvalue weighted by atomic mass is 79.9. The monoisotopic (exact) mass is 468 g/mol. The summed E-state index contributed by atoms with van der Waals surface area (Å²) in [5.41, 5.74) is 0.631. The van der Waals surface area contributed by atoms with Crippen molar-refractivity contribution in [2.24, 2.45) is 0 Å². The maximum absolute atomic E-state index is 12.4. The van der Waals surface area contributed by atoms with Gasteiger partial charge in [-0.3, -0.25) is 19.6 Å². The number of nitrogens with one attached hydrogen (secondary N) is 1. The highest BCUT2D eigenvalue weighted by Crippen LogP contribution is 2.27. The van der Waals surface area contributed by atoms with E-state index >= 15 is 0 Å². The minimum atomic E-state index is -0.645. The third-order valence-electron chi connectivity index (χ3n) is 3.64. The van der Waals surface area contributed by atoms with Gasteiger partial charge in [0.1, 0.15) is 5.02 Å². The lowest BCUT2D eigenvalue weighted by molar-refractivity contribution is -0.384. The van der Waals surface area contributed by atoms with Gasteiger partial charge in [0, 0.05) is 22.8 Å². The number of nitro groups is 1. The Hall–Kier alpha value is -2.42. The van der Waals surface area contributed by atoms with Crippen LogP contribution in [0.2, 0.25) is 10.0 Å². The van der Waals surface area contributed by atoms with E-state index in [1.54, 1.807) is 16.9 Å². The maximum Gasteiger partial charge on any atom is 0.288 e. The van der Waals surface area contributed by atoms with Crippen LogP contribution in [0.1, 0.15) is 15.9 Å². The van der Waals surface area contributed by atoms with Gasteiger partial charge in [-0.05, 0) is 39.7 Å². The Balaban J connectivity index is 1.79. The molecular weight excluding hydrogens is 459 g/mol. The molecule has 0 unspecified atom stereocenters. The summed E-state index contributed by atoms with van der Waals surface area (Å²) >= 11 is 15.3. The number of carbonyl (C=O) groups is 1. The van der Waals surface area contributed by atoms with Crippen molar-refractivity contribution in [3.05, 3.63) is 84.4 Å². The van der Waals surface area contributed by atoms with Gasteiger partial charge in [-0.15, -0.1) is 0 Å². The summed E-state index contributed by atoms with van der Waals surface area (Å²) in [5, 5.41) is 18.5. The first-order valence-corrected chi connectivity index (χ1v) is 9.11. The first kappa shape index (κ1) is 19.3. The quantitative estimate of drug-likeness (QED) is 0.412. The predicted octanol–water partition coefficient (Wildman–Crippen LogP) is 5.16. The number of rotatable bonds is 5. The topological polar surface area (TPSA) is 90.1 Å². The molecular formula is C17H11BrCl2N4O3. The lowest BCUT2D eigenvalue weighted by atomic mass is 10.2. The van der Waals surface area contributed by atoms with Crippen LogP contribution in [-0.4, -0.2) is 20.6 Å². The zero-order valence-electron chi connectivity index (χ0n) is 13.5. The molecule has 0 aliphatic carbocycles. The summed E-state index contributed by atoms with van der Waals surface area (Å²) in [7, 11) is 0. The average molecular weight is 470 g/mol. The van der Waals surface area contributed by atoms with Gasteiger partial charge in [-0.2, -0.15) is 5.10 Å². The largest absolute Gasteiger partial charge is 0.304 e. The lowest BCUT2D eigenvalue weighted by Gasteiger charge is -2.05. The van der Waals surface area contributed by atoms with E-state index in [1.807, 2.05) is 18.2 Å². The van der Waals surface area contributed by atoms with Gasteiger partial charge in [0.15, 0.2) is 5.82 Å². The molecule has 0 radical (unpaired) electrons. The molecule has 1 heterocycles. The molecule has 7 nitrogen and oxygen atoms in total. The predicted molar refractivity (Wildman–Crippen MR) is 107 cm³/mol. The number of benzene rings is 2. The molecule has 2 aromatic carbocycles. The summed E-state index contributed by atoms with van der Waals surface area (Å²) in [6.07, 6.45) is 1.70. The number of aromatic nitrogens is 2. The molecule has 0 fully saturated rings. The fourth-order valence-electron chi connectivity index (χ4n) is 2.34. The molecule has 0 aliphatic heterocycles. The summed E-state index contributed by atoms with van der Waals surface area (Å²) < 4.78 is 2.18. The third kappa shape index (κ3) is 4.47. The number of nitro benzene ring substituents is 1. The van der Waals surface area contributed by atoms with E-state index in [0.717, 1.165) is 11.6 Å². The molecule has 138 valence electrons. The molecule has 3 aromatic rings. The highest BCUT2D eigenvalue weighted by Gasteiger charge is 2.18. The second kappa shape index (κ2) is 8.08. The van der Waals surface area contributed by atoms with E-state index < -0.39 is 10.8 Å². The minimum Gasteiger partial charge on any atom is -0.304 e. The van der Waals surface area contributed by atoms with Crippen molar-refractivity contribution in [2.45, 2.75) is 6.54 Å². The number of hydrogen-bond donors (Lipinski definition) is 1. The van der Waals surface area contributed by atoms with Crippen LogP contribution in [0.5, 0.6) is 0 Å². The van der Waals surface area contributed by atoms with E-state index in [2.05, 4.69) is 26.3 Å². The average Bonchev–Trinajstić information content (AvgIpc) is 2.96. The molecule has 1 amide bonds. The van der Waals surface area contributed by atoms with Crippen molar-refractivity contribution in [1.82, 2.24) is 9.78 Å². The van der Waals surface area contributed by atoms with Gasteiger partial charge in [0.25, 0.3) is 11.6 Å². The van der Waals surface area contributed by atoms with E-state index in [1.165, 1.54) is 12.1 Å². The van der Waals surface area contributed by atoms with Gasteiger partial charge in [0.2, 0.25) is 0 Å². The highest BCUT2D eigenvalue weighted by molar-refractivity contribution is 9.10. The second-order valence-corrected chi connectivity index (χ2v) is 7.16. The van der Waals surface area contributed by atoms with E-state index in [9.17, 15) is 14.9 Å². The fourth-order valence-corrected chi connectivity index (χ4v) is 3.13. The second-order valence-electron chi connectivity index (χ2n) is 5.49. The van der Waals surface area contributed by atoms with Crippen molar-refractivity contribution >= 4 is 56.5 Å². The van der Waals surface area contributed by atoms with Crippen LogP contribution in [0, 0.1) is 10.1 Å². The van der Waals surface area contributed by atoms with E-state index in [0.29, 0.717) is 16.0 Å². The molecule has 0 saturated carbocycles. The Morgan fingerprint density at radius 3 is 2.67 bits per heavy atom. The van der Waals surface area contributed by atoms with Crippen molar-refractivity contribution < 1.29 is 9.72 Å². The van der Waals surface area contributed by atoms with Crippen LogP contribution in [0.4, 0.5) is 11.5 Å². The molecule has 1 N–H and O–H groups in total. The van der Waals surface area contributed by atoms with Crippen molar-refractivity contribution in [2.75, 3.05) is 5.32 Å². The number of anilines is 1. The Labute approximate surface area is 172 Å². The van der Waals surface area contributed by atoms with Gasteiger partial charge in [0.05, 0.1) is 15.9 Å². The molecule has 10 heteroatoms. The summed E-state index contributed by atoms with van der Waals surface area (Å²) in [4.78, 5) is 22.7. The van der Waals surface area contributed by atoms with E-state index in [-0.39, 0.29) is 22.1 Å². The Kier molecular flexibility index (Phi) is 5.79. The molecule has 27 heavy (non-hydrogen) atoms. The first-order valence-electron chi connectivity index (χ1n) is 7.57. The molecule has 0 atom stereocenters. The first-order chi connectivity index (χ1) is 12.8. The van der Waals surface area contributed by atoms with Crippen LogP contribution in [-0.2, 0) is 6.54 Å². The summed E-state index contributed by atoms with van der Waals surface area (Å²) in [6.45, 7) is 0.417. The lowest BCUT2D eigenvalue weighted by Crippen LogP contribution is -2.13. The Bertz CT molecular complexity index is 1040. The third-order valence-corrected chi connectivity index (χ3v) is 4.91. The van der Waals surface area contributed by atoms with Crippen molar-refractivity contribution in [3.63, 3.8) is 0 Å². The van der Waals surface area contributed by atoms with Gasteiger partial charge in [-0.25, -0.2) is 0 Å². The molecule has 0 aliphatic rings. The van der Waals surface area contributed by atoms with E-state index in [4.69, 9.17) is 23.2 Å². The van der Waals surface area contributed by atoms with Crippen LogP contribution in [0.15, 0.2) is 53.1 Å². The van der Waals surface area contributed by atoms with Crippen LogP contribution in [0.25, 0.3) is 0 Å². The zero-order chi connectivity index (χ0) is 19.6. The van der Waals surface area contributed by atoms with Gasteiger partial charge < -0.3 is 5.32 Å². The molecule has 0 spiro atoms. The molecule has 0 saturated heterocycles. The van der Waals surface area contributed by atoms with Crippen molar-refractivity contribution in [1.29, 1.82) is 0 Å². The van der Waals surface area contributed by atoms with Crippen molar-refractivity contribution in [3.8, 4) is 0 Å². The SMILES string of the molecule is O=C(Nc1nn(Cc2ccccc2Cl)cc1Br)c1ccc(Cl)c([N+](=O)[O-])c1. The maximum atomic E-state index is 12.4. The molecule has 1 aromatic heterocycles. The number of carbonyl (C=O) groups excluding carboxylic acids is 1. The number of halogens is 3. The number of hydrogen-bond acceptors (Lipinski definition) is 4. The molecule has 3 rings (SSSR count). The minimum absolute atomic E-state index is 0.0400. The smallest absolute Gasteiger partial charge is 0.288 e. The summed E-state index contributed by atoms with van der Waals surface area (Å²) in [5.74, 6) is -0.261.